The molecule has 1 saturated heterocycles. The van der Waals surface area contributed by atoms with E-state index in [4.69, 9.17) is 5.73 Å². The summed E-state index contributed by atoms with van der Waals surface area (Å²) >= 11 is 0. The van der Waals surface area contributed by atoms with Crippen LogP contribution >= 0.6 is 0 Å². The third-order valence-electron chi connectivity index (χ3n) is 5.26. The summed E-state index contributed by atoms with van der Waals surface area (Å²) in [5.41, 5.74) is 9.38. The van der Waals surface area contributed by atoms with E-state index in [9.17, 15) is 13.2 Å². The van der Waals surface area contributed by atoms with Gasteiger partial charge >= 0.3 is 6.18 Å². The Balaban J connectivity index is 1.54. The van der Waals surface area contributed by atoms with Crippen molar-refractivity contribution < 1.29 is 13.2 Å². The van der Waals surface area contributed by atoms with Crippen LogP contribution in [0.3, 0.4) is 0 Å². The number of hydrogen-bond donors (Lipinski definition) is 1. The standard InChI is InChI=1S/C20H21F3N4/c21-20(22,23)12-16-13-25-19-18(24)17(8-11-27(16)19)26-9-6-15(7-10-26)14-4-2-1-3-5-14/h1-5,8,11,13,15H,6-7,9-10,12,24H2. The molecule has 0 unspecified atom stereocenters. The first kappa shape index (κ1) is 17.7. The molecule has 0 aliphatic carbocycles. The van der Waals surface area contributed by atoms with Gasteiger partial charge in [0.25, 0.3) is 0 Å². The second kappa shape index (κ2) is 6.79. The molecule has 2 N–H and O–H groups in total. The molecule has 3 heterocycles. The molecule has 1 aliphatic rings. The summed E-state index contributed by atoms with van der Waals surface area (Å²) in [5, 5.41) is 0. The molecule has 27 heavy (non-hydrogen) atoms. The fourth-order valence-corrected chi connectivity index (χ4v) is 3.90. The smallest absolute Gasteiger partial charge is 0.394 e. The van der Waals surface area contributed by atoms with Gasteiger partial charge < -0.3 is 15.0 Å². The fraction of sp³-hybridized carbons (Fsp3) is 0.350. The van der Waals surface area contributed by atoms with Crippen LogP contribution in [-0.4, -0.2) is 28.7 Å². The van der Waals surface area contributed by atoms with Crippen molar-refractivity contribution in [1.82, 2.24) is 9.38 Å². The van der Waals surface area contributed by atoms with Gasteiger partial charge in [-0.2, -0.15) is 13.2 Å². The van der Waals surface area contributed by atoms with Crippen molar-refractivity contribution >= 4 is 17.0 Å². The van der Waals surface area contributed by atoms with Crippen LogP contribution in [0.5, 0.6) is 0 Å². The first-order chi connectivity index (χ1) is 12.9. The Hall–Kier alpha value is -2.70. The Morgan fingerprint density at radius 1 is 1.07 bits per heavy atom. The molecule has 142 valence electrons. The Morgan fingerprint density at radius 3 is 2.44 bits per heavy atom. The van der Waals surface area contributed by atoms with Crippen molar-refractivity contribution in [2.75, 3.05) is 23.7 Å². The van der Waals surface area contributed by atoms with E-state index in [-0.39, 0.29) is 5.69 Å². The number of nitrogens with zero attached hydrogens (tertiary/aromatic N) is 3. The normalized spacial score (nSPS) is 16.2. The molecule has 4 rings (SSSR count). The van der Waals surface area contributed by atoms with E-state index in [0.29, 0.717) is 17.3 Å². The topological polar surface area (TPSA) is 46.6 Å². The van der Waals surface area contributed by atoms with Gasteiger partial charge in [0.15, 0.2) is 5.65 Å². The number of hydrogen-bond acceptors (Lipinski definition) is 3. The molecule has 0 bridgehead atoms. The molecule has 2 aromatic heterocycles. The number of rotatable bonds is 3. The van der Waals surface area contributed by atoms with E-state index >= 15 is 0 Å². The molecule has 0 spiro atoms. The van der Waals surface area contributed by atoms with Crippen LogP contribution in [0.1, 0.15) is 30.0 Å². The molecule has 0 radical (unpaired) electrons. The van der Waals surface area contributed by atoms with E-state index < -0.39 is 12.6 Å². The number of benzene rings is 1. The summed E-state index contributed by atoms with van der Waals surface area (Å²) < 4.78 is 39.6. The maximum Gasteiger partial charge on any atom is 0.394 e. The maximum absolute atomic E-state index is 12.7. The van der Waals surface area contributed by atoms with Crippen molar-refractivity contribution in [3.05, 3.63) is 60.0 Å². The quantitative estimate of drug-likeness (QED) is 0.739. The van der Waals surface area contributed by atoms with E-state index in [2.05, 4.69) is 34.1 Å². The second-order valence-corrected chi connectivity index (χ2v) is 7.02. The van der Waals surface area contributed by atoms with Gasteiger partial charge in [-0.25, -0.2) is 4.98 Å². The van der Waals surface area contributed by atoms with E-state index in [1.165, 1.54) is 16.2 Å². The van der Waals surface area contributed by atoms with Crippen LogP contribution in [0.4, 0.5) is 24.5 Å². The van der Waals surface area contributed by atoms with Crippen LogP contribution in [0.25, 0.3) is 5.65 Å². The van der Waals surface area contributed by atoms with Crippen LogP contribution < -0.4 is 10.6 Å². The minimum Gasteiger partial charge on any atom is -0.394 e. The second-order valence-electron chi connectivity index (χ2n) is 7.02. The van der Waals surface area contributed by atoms with E-state index in [1.54, 1.807) is 12.3 Å². The van der Waals surface area contributed by atoms with Gasteiger partial charge in [0, 0.05) is 25.5 Å². The van der Waals surface area contributed by atoms with Gasteiger partial charge in [0.05, 0.1) is 23.5 Å². The predicted molar refractivity (Wildman–Crippen MR) is 100.0 cm³/mol. The number of nitrogen functional groups attached to an aromatic ring is 1. The number of nitrogens with two attached hydrogens (primary N) is 1. The average molecular weight is 374 g/mol. The van der Waals surface area contributed by atoms with Crippen molar-refractivity contribution in [2.24, 2.45) is 0 Å². The number of pyridine rings is 1. The lowest BCUT2D eigenvalue weighted by atomic mass is 9.89. The molecule has 1 aliphatic heterocycles. The molecule has 0 saturated carbocycles. The summed E-state index contributed by atoms with van der Waals surface area (Å²) in [6.45, 7) is 1.71. The first-order valence-corrected chi connectivity index (χ1v) is 9.03. The Morgan fingerprint density at radius 2 is 1.78 bits per heavy atom. The predicted octanol–water partition coefficient (Wildman–Crippen LogP) is 4.41. The largest absolute Gasteiger partial charge is 0.394 e. The summed E-state index contributed by atoms with van der Waals surface area (Å²) in [6.07, 6.45) is -0.369. The average Bonchev–Trinajstić information content (AvgIpc) is 3.05. The summed E-state index contributed by atoms with van der Waals surface area (Å²) in [4.78, 5) is 6.33. The van der Waals surface area contributed by atoms with Gasteiger partial charge in [0.2, 0.25) is 0 Å². The van der Waals surface area contributed by atoms with Crippen molar-refractivity contribution in [1.29, 1.82) is 0 Å². The van der Waals surface area contributed by atoms with Gasteiger partial charge in [0.1, 0.15) is 0 Å². The fourth-order valence-electron chi connectivity index (χ4n) is 3.90. The number of anilines is 2. The number of imidazole rings is 1. The van der Waals surface area contributed by atoms with E-state index in [1.807, 2.05) is 6.07 Å². The molecule has 7 heteroatoms. The zero-order valence-corrected chi connectivity index (χ0v) is 14.8. The zero-order chi connectivity index (χ0) is 19.0. The molecular weight excluding hydrogens is 353 g/mol. The first-order valence-electron chi connectivity index (χ1n) is 9.03. The molecule has 0 amide bonds. The third-order valence-corrected chi connectivity index (χ3v) is 5.26. The number of fused-ring (bicyclic) bond motifs is 1. The van der Waals surface area contributed by atoms with Gasteiger partial charge in [-0.15, -0.1) is 0 Å². The highest BCUT2D eigenvalue weighted by Gasteiger charge is 2.30. The highest BCUT2D eigenvalue weighted by molar-refractivity contribution is 5.81. The highest BCUT2D eigenvalue weighted by Crippen LogP contribution is 2.34. The maximum atomic E-state index is 12.7. The minimum absolute atomic E-state index is 0.0959. The third kappa shape index (κ3) is 3.59. The van der Waals surface area contributed by atoms with Crippen LogP contribution in [0, 0.1) is 0 Å². The van der Waals surface area contributed by atoms with Crippen molar-refractivity contribution in [3.63, 3.8) is 0 Å². The van der Waals surface area contributed by atoms with Crippen LogP contribution in [0.2, 0.25) is 0 Å². The number of aromatic nitrogens is 2. The minimum atomic E-state index is -4.28. The monoisotopic (exact) mass is 374 g/mol. The highest BCUT2D eigenvalue weighted by atomic mass is 19.4. The SMILES string of the molecule is Nc1c(N2CCC(c3ccccc3)CC2)ccn2c(CC(F)(F)F)cnc12. The summed E-state index contributed by atoms with van der Waals surface area (Å²) in [5.74, 6) is 0.525. The molecule has 1 aromatic carbocycles. The van der Waals surface area contributed by atoms with Gasteiger partial charge in [-0.3, -0.25) is 0 Å². The zero-order valence-electron chi connectivity index (χ0n) is 14.8. The van der Waals surface area contributed by atoms with Crippen LogP contribution in [0.15, 0.2) is 48.8 Å². The van der Waals surface area contributed by atoms with Crippen LogP contribution in [-0.2, 0) is 6.42 Å². The van der Waals surface area contributed by atoms with Gasteiger partial charge in [-0.1, -0.05) is 30.3 Å². The molecule has 3 aromatic rings. The van der Waals surface area contributed by atoms with Crippen molar-refractivity contribution in [3.8, 4) is 0 Å². The Bertz CT molecular complexity index is 926. The lowest BCUT2D eigenvalue weighted by molar-refractivity contribution is -0.127. The molecule has 4 nitrogen and oxygen atoms in total. The Kier molecular flexibility index (Phi) is 4.45. The molecular formula is C20H21F3N4. The molecule has 1 fully saturated rings. The number of halogens is 3. The number of alkyl halides is 3. The Labute approximate surface area is 155 Å². The number of piperidine rings is 1. The molecule has 0 atom stereocenters. The lowest BCUT2D eigenvalue weighted by Crippen LogP contribution is -2.33. The summed E-state index contributed by atoms with van der Waals surface area (Å²) in [6, 6.07) is 12.3. The summed E-state index contributed by atoms with van der Waals surface area (Å²) in [7, 11) is 0. The van der Waals surface area contributed by atoms with Crippen molar-refractivity contribution in [2.45, 2.75) is 31.4 Å². The lowest BCUT2D eigenvalue weighted by Gasteiger charge is -2.34. The van der Waals surface area contributed by atoms with E-state index in [0.717, 1.165) is 31.6 Å². The van der Waals surface area contributed by atoms with Gasteiger partial charge in [-0.05, 0) is 30.4 Å².